The van der Waals surface area contributed by atoms with Crippen LogP contribution in [0.2, 0.25) is 0 Å². The number of carbonyl (C=O) groups is 1. The highest BCUT2D eigenvalue weighted by Crippen LogP contribution is 2.57. The van der Waals surface area contributed by atoms with Crippen molar-refractivity contribution in [3.05, 3.63) is 232 Å². The van der Waals surface area contributed by atoms with Crippen molar-refractivity contribution in [2.75, 3.05) is 0 Å². The quantitative estimate of drug-likeness (QED) is 0.0622. The number of aryl methyl sites for hydroxylation is 2. The fourth-order valence-electron chi connectivity index (χ4n) is 9.02. The lowest BCUT2D eigenvalue weighted by atomic mass is 9.73. The summed E-state index contributed by atoms with van der Waals surface area (Å²) in [6.45, 7) is 3.48. The lowest BCUT2D eigenvalue weighted by Crippen LogP contribution is -2.54. The second-order valence-electron chi connectivity index (χ2n) is 17.8. The molecule has 392 valence electrons. The molecule has 9 aromatic carbocycles. The number of benzene rings is 9. The van der Waals surface area contributed by atoms with E-state index < -0.39 is 49.7 Å². The van der Waals surface area contributed by atoms with Crippen molar-refractivity contribution in [1.29, 1.82) is 15.8 Å². The Hall–Kier alpha value is -9.93. The van der Waals surface area contributed by atoms with Gasteiger partial charge in [-0.25, -0.2) is 0 Å². The molecule has 0 aliphatic rings. The largest absolute Gasteiger partial charge is 0.456 e. The van der Waals surface area contributed by atoms with Crippen LogP contribution in [0.3, 0.4) is 0 Å². The Balaban J connectivity index is 0.970. The van der Waals surface area contributed by atoms with Gasteiger partial charge >= 0.3 is 12.4 Å². The van der Waals surface area contributed by atoms with Crippen molar-refractivity contribution in [3.8, 4) is 75.3 Å². The minimum Gasteiger partial charge on any atom is -0.456 e. The lowest BCUT2D eigenvalue weighted by Gasteiger charge is -2.38. The predicted octanol–water partition coefficient (Wildman–Crippen LogP) is 15.8. The highest BCUT2D eigenvalue weighted by atomic mass is 32.2. The van der Waals surface area contributed by atoms with Gasteiger partial charge in [-0.05, 0) is 138 Å². The molecule has 0 saturated heterocycles. The number of ether oxygens (including phenoxy) is 4. The Labute approximate surface area is 447 Å². The molecule has 0 saturated carbocycles. The van der Waals surface area contributed by atoms with Crippen LogP contribution in [0.25, 0.3) is 21.9 Å². The Morgan fingerprint density at radius 2 is 0.937 bits per heavy atom. The number of alkyl halides is 6. The second-order valence-corrected chi connectivity index (χ2v) is 19.3. The summed E-state index contributed by atoms with van der Waals surface area (Å²) in [5, 5.41) is 31.8. The molecule has 9 aromatic rings. The number of fused-ring (bicyclic) bond motifs is 1. The van der Waals surface area contributed by atoms with Crippen molar-refractivity contribution < 1.29 is 63.1 Å². The van der Waals surface area contributed by atoms with Gasteiger partial charge in [0, 0.05) is 16.7 Å². The first-order chi connectivity index (χ1) is 37.6. The minimum atomic E-state index is -5.98. The summed E-state index contributed by atoms with van der Waals surface area (Å²) in [6, 6.07) is 45.8. The molecule has 0 aliphatic carbocycles. The molecule has 0 heterocycles. The third-order valence-electron chi connectivity index (χ3n) is 12.8. The number of rotatable bonds is 14. The summed E-state index contributed by atoms with van der Waals surface area (Å²) in [6.07, 6.45) is -12.0. The van der Waals surface area contributed by atoms with Crippen molar-refractivity contribution in [2.45, 2.75) is 36.5 Å². The summed E-state index contributed by atoms with van der Waals surface area (Å²) in [4.78, 5) is 13.4. The highest BCUT2D eigenvalue weighted by molar-refractivity contribution is 7.85. The maximum absolute atomic E-state index is 15.3. The number of carbonyl (C=O) groups excluding carboxylic acids is 1. The predicted molar refractivity (Wildman–Crippen MR) is 278 cm³/mol. The molecule has 0 unspecified atom stereocenters. The SMILES string of the molecule is Cc1ccc(-c2cccc(Oc3ccc(C(c4ccc(Oc5cccc(Oc6ccc7ccc(Oc8cccc(C)c8C#N)cc7c6)c5C#N)cc4)(C(F)(F)F)C(F)(F)F)cc3)c2C#N)c(C(=O)c2cccc(S(=O)(=O)O)c2)c1. The van der Waals surface area contributed by atoms with Crippen molar-refractivity contribution in [3.63, 3.8) is 0 Å². The van der Waals surface area contributed by atoms with Crippen molar-refractivity contribution in [1.82, 2.24) is 0 Å². The molecule has 0 aromatic heterocycles. The van der Waals surface area contributed by atoms with E-state index in [9.17, 15) is 33.6 Å². The van der Waals surface area contributed by atoms with Gasteiger partial charge in [0.1, 0.15) is 75.3 Å². The normalized spacial score (nSPS) is 11.7. The van der Waals surface area contributed by atoms with Crippen LogP contribution in [0.5, 0.6) is 46.0 Å². The molecule has 18 heteroatoms. The molecular weight excluding hydrogens is 1050 g/mol. The molecule has 0 bridgehead atoms. The third kappa shape index (κ3) is 10.6. The van der Waals surface area contributed by atoms with E-state index in [4.69, 9.17) is 18.9 Å². The Morgan fingerprint density at radius 3 is 1.44 bits per heavy atom. The monoisotopic (exact) mass is 1090 g/mol. The molecule has 0 fully saturated rings. The summed E-state index contributed by atoms with van der Waals surface area (Å²) in [5.74, 6) is -0.298. The number of hydrogen-bond donors (Lipinski definition) is 1. The fourth-order valence-corrected chi connectivity index (χ4v) is 9.54. The van der Waals surface area contributed by atoms with Crippen LogP contribution < -0.4 is 18.9 Å². The van der Waals surface area contributed by atoms with Crippen LogP contribution >= 0.6 is 0 Å². The van der Waals surface area contributed by atoms with Gasteiger partial charge in [0.05, 0.1) is 10.5 Å². The zero-order valence-corrected chi connectivity index (χ0v) is 42.0. The van der Waals surface area contributed by atoms with Gasteiger partial charge < -0.3 is 18.9 Å². The van der Waals surface area contributed by atoms with E-state index in [0.717, 1.165) is 47.3 Å². The Morgan fingerprint density at radius 1 is 0.481 bits per heavy atom. The standard InChI is InChI=1S/C61H37F6N3O8S/c1-36-15-28-49(50(29-36)58(71)39-8-4-9-47(32-39)79(72,73)74)48-10-5-12-55(52(48)34-69)75-43-24-18-41(19-25-43)59(60(62,63)64,61(65,66)67)42-20-26-44(27-21-42)76-56-13-6-14-57(53(56)35-70)78-46-23-17-38-16-22-45(30-40(38)31-46)77-54-11-3-7-37(2)51(54)33-68/h3-32H,1-2H3,(H,72,73,74). The zero-order chi connectivity index (χ0) is 56.4. The van der Waals surface area contributed by atoms with Crippen LogP contribution in [0.15, 0.2) is 187 Å². The Kier molecular flexibility index (Phi) is 14.5. The van der Waals surface area contributed by atoms with E-state index in [-0.39, 0.29) is 62.1 Å². The number of hydrogen-bond acceptors (Lipinski definition) is 10. The first-order valence-corrected chi connectivity index (χ1v) is 25.0. The smallest absolute Gasteiger partial charge is 0.411 e. The number of nitrogens with zero attached hydrogens (tertiary/aromatic N) is 3. The molecule has 0 aliphatic heterocycles. The van der Waals surface area contributed by atoms with Crippen LogP contribution in [0, 0.1) is 47.8 Å². The lowest BCUT2D eigenvalue weighted by molar-refractivity contribution is -0.288. The number of nitriles is 3. The maximum Gasteiger partial charge on any atom is 0.411 e. The van der Waals surface area contributed by atoms with E-state index in [1.807, 2.05) is 18.2 Å². The molecule has 0 atom stereocenters. The van der Waals surface area contributed by atoms with Crippen LogP contribution in [-0.4, -0.2) is 31.1 Å². The topological polar surface area (TPSA) is 180 Å². The summed E-state index contributed by atoms with van der Waals surface area (Å²) in [5.41, 5.74) is -5.32. The van der Waals surface area contributed by atoms with E-state index in [1.54, 1.807) is 68.4 Å². The van der Waals surface area contributed by atoms with E-state index >= 15 is 26.3 Å². The third-order valence-corrected chi connectivity index (χ3v) is 13.7. The van der Waals surface area contributed by atoms with Gasteiger partial charge in [-0.2, -0.15) is 50.5 Å². The minimum absolute atomic E-state index is 0.0239. The molecule has 79 heavy (non-hydrogen) atoms. The number of halogens is 6. The molecule has 0 amide bonds. The first-order valence-electron chi connectivity index (χ1n) is 23.5. The van der Waals surface area contributed by atoms with E-state index in [0.29, 0.717) is 58.0 Å². The molecule has 0 radical (unpaired) electrons. The fraction of sp³-hybridized carbons (Fsp3) is 0.0820. The summed E-state index contributed by atoms with van der Waals surface area (Å²) in [7, 11) is -4.68. The van der Waals surface area contributed by atoms with Gasteiger partial charge in [0.15, 0.2) is 5.78 Å². The zero-order valence-electron chi connectivity index (χ0n) is 41.1. The maximum atomic E-state index is 15.3. The average molecular weight is 1090 g/mol. The molecule has 11 nitrogen and oxygen atoms in total. The highest BCUT2D eigenvalue weighted by Gasteiger charge is 2.72. The molecular formula is C61H37F6N3O8S. The average Bonchev–Trinajstić information content (AvgIpc) is 3.37. The van der Waals surface area contributed by atoms with Crippen molar-refractivity contribution in [2.24, 2.45) is 0 Å². The van der Waals surface area contributed by atoms with Gasteiger partial charge in [-0.3, -0.25) is 9.35 Å². The van der Waals surface area contributed by atoms with Gasteiger partial charge in [-0.15, -0.1) is 0 Å². The van der Waals surface area contributed by atoms with Crippen LogP contribution in [0.1, 0.15) is 54.9 Å². The molecule has 0 spiro atoms. The van der Waals surface area contributed by atoms with Gasteiger partial charge in [0.25, 0.3) is 10.1 Å². The van der Waals surface area contributed by atoms with Gasteiger partial charge in [-0.1, -0.05) is 96.6 Å². The first kappa shape index (κ1) is 53.9. The van der Waals surface area contributed by atoms with Crippen LogP contribution in [0.4, 0.5) is 26.3 Å². The van der Waals surface area contributed by atoms with Crippen molar-refractivity contribution >= 4 is 26.7 Å². The summed E-state index contributed by atoms with van der Waals surface area (Å²) < 4.78 is 149. The van der Waals surface area contributed by atoms with Gasteiger partial charge in [0.2, 0.25) is 5.41 Å². The summed E-state index contributed by atoms with van der Waals surface area (Å²) >= 11 is 0. The number of ketones is 1. The molecule has 9 rings (SSSR count). The van der Waals surface area contributed by atoms with Crippen LogP contribution in [-0.2, 0) is 15.5 Å². The Bertz CT molecular complexity index is 4110. The molecule has 1 N–H and O–H groups in total. The van der Waals surface area contributed by atoms with E-state index in [1.165, 1.54) is 60.7 Å². The second kappa shape index (κ2) is 21.2. The van der Waals surface area contributed by atoms with E-state index in [2.05, 4.69) is 6.07 Å².